The van der Waals surface area contributed by atoms with Crippen LogP contribution in [0, 0.1) is 0 Å². The van der Waals surface area contributed by atoms with Gasteiger partial charge < -0.3 is 9.84 Å². The highest BCUT2D eigenvalue weighted by Gasteiger charge is 2.09. The minimum absolute atomic E-state index is 0.132. The number of rotatable bonds is 2. The molecule has 0 saturated heterocycles. The maximum atomic E-state index is 9.97. The van der Waals surface area contributed by atoms with Crippen molar-refractivity contribution in [3.63, 3.8) is 0 Å². The van der Waals surface area contributed by atoms with Crippen LogP contribution in [-0.4, -0.2) is 12.2 Å². The third kappa shape index (κ3) is 1.97. The fourth-order valence-electron chi connectivity index (χ4n) is 1.58. The smallest absolute Gasteiger partial charge is 0.165 e. The molecule has 1 N–H and O–H groups in total. The predicted molar refractivity (Wildman–Crippen MR) is 65.1 cm³/mol. The summed E-state index contributed by atoms with van der Waals surface area (Å²) in [5.41, 5.74) is 1.57. The first-order valence-corrected chi connectivity index (χ1v) is 5.22. The van der Waals surface area contributed by atoms with Crippen molar-refractivity contribution < 1.29 is 9.84 Å². The monoisotopic (exact) mass is 234 g/mol. The number of methoxy groups -OCH3 is 1. The number of ether oxygens (including phenoxy) is 1. The molecule has 0 aliphatic rings. The summed E-state index contributed by atoms with van der Waals surface area (Å²) >= 11 is 5.91. The van der Waals surface area contributed by atoms with Crippen molar-refractivity contribution in [1.29, 1.82) is 0 Å². The van der Waals surface area contributed by atoms with E-state index in [-0.39, 0.29) is 5.75 Å². The van der Waals surface area contributed by atoms with Crippen LogP contribution in [0.2, 0.25) is 5.02 Å². The molecule has 0 radical (unpaired) electrons. The Hall–Kier alpha value is -1.67. The van der Waals surface area contributed by atoms with Gasteiger partial charge in [0.2, 0.25) is 0 Å². The van der Waals surface area contributed by atoms with Gasteiger partial charge in [0.05, 0.1) is 7.11 Å². The Morgan fingerprint density at radius 3 is 2.56 bits per heavy atom. The maximum Gasteiger partial charge on any atom is 0.165 e. The Labute approximate surface area is 99.1 Å². The fourth-order valence-corrected chi connectivity index (χ4v) is 1.77. The van der Waals surface area contributed by atoms with Crippen molar-refractivity contribution in [3.8, 4) is 22.6 Å². The SMILES string of the molecule is COc1cccc(-c2cccc(Cl)c2)c1O. The highest BCUT2D eigenvalue weighted by atomic mass is 35.5. The normalized spacial score (nSPS) is 10.1. The Bertz CT molecular complexity index is 509. The van der Waals surface area contributed by atoms with E-state index in [0.29, 0.717) is 16.3 Å². The van der Waals surface area contributed by atoms with Crippen LogP contribution in [-0.2, 0) is 0 Å². The van der Waals surface area contributed by atoms with Gasteiger partial charge >= 0.3 is 0 Å². The molecule has 2 aromatic rings. The van der Waals surface area contributed by atoms with Crippen molar-refractivity contribution >= 4 is 11.6 Å². The standard InChI is InChI=1S/C13H11ClO2/c1-16-12-7-3-6-11(13(12)15)9-4-2-5-10(14)8-9/h2-8,15H,1H3. The van der Waals surface area contributed by atoms with Gasteiger partial charge in [0.1, 0.15) is 0 Å². The third-order valence-corrected chi connectivity index (χ3v) is 2.59. The van der Waals surface area contributed by atoms with Crippen molar-refractivity contribution in [2.24, 2.45) is 0 Å². The van der Waals surface area contributed by atoms with E-state index in [2.05, 4.69) is 0 Å². The van der Waals surface area contributed by atoms with E-state index >= 15 is 0 Å². The second-order valence-electron chi connectivity index (χ2n) is 3.37. The highest BCUT2D eigenvalue weighted by molar-refractivity contribution is 6.30. The summed E-state index contributed by atoms with van der Waals surface area (Å²) < 4.78 is 5.05. The van der Waals surface area contributed by atoms with Crippen LogP contribution in [0.5, 0.6) is 11.5 Å². The number of phenolic OH excluding ortho intramolecular Hbond substituents is 1. The molecule has 0 heterocycles. The molecular formula is C13H11ClO2. The third-order valence-electron chi connectivity index (χ3n) is 2.35. The molecule has 0 spiro atoms. The zero-order valence-corrected chi connectivity index (χ0v) is 9.53. The first-order valence-electron chi connectivity index (χ1n) is 4.84. The van der Waals surface area contributed by atoms with E-state index in [9.17, 15) is 5.11 Å². The first-order chi connectivity index (χ1) is 7.72. The van der Waals surface area contributed by atoms with E-state index in [0.717, 1.165) is 5.56 Å². The summed E-state index contributed by atoms with van der Waals surface area (Å²) in [5.74, 6) is 0.588. The topological polar surface area (TPSA) is 29.5 Å². The summed E-state index contributed by atoms with van der Waals surface area (Å²) in [6, 6.07) is 12.7. The summed E-state index contributed by atoms with van der Waals surface area (Å²) in [7, 11) is 1.52. The molecule has 0 aliphatic heterocycles. The summed E-state index contributed by atoms with van der Waals surface area (Å²) in [5, 5.41) is 10.6. The highest BCUT2D eigenvalue weighted by Crippen LogP contribution is 2.37. The van der Waals surface area contributed by atoms with Crippen LogP contribution in [0.1, 0.15) is 0 Å². The molecule has 82 valence electrons. The first kappa shape index (κ1) is 10.8. The minimum atomic E-state index is 0.132. The van der Waals surface area contributed by atoms with E-state index in [1.54, 1.807) is 18.2 Å². The van der Waals surface area contributed by atoms with E-state index in [1.807, 2.05) is 24.3 Å². The zero-order chi connectivity index (χ0) is 11.5. The molecule has 0 amide bonds. The van der Waals surface area contributed by atoms with Crippen LogP contribution in [0.4, 0.5) is 0 Å². The van der Waals surface area contributed by atoms with Crippen molar-refractivity contribution in [2.45, 2.75) is 0 Å². The minimum Gasteiger partial charge on any atom is -0.504 e. The number of benzene rings is 2. The Kier molecular flexibility index (Phi) is 3.02. The van der Waals surface area contributed by atoms with Crippen molar-refractivity contribution in [3.05, 3.63) is 47.5 Å². The van der Waals surface area contributed by atoms with Gasteiger partial charge in [0.15, 0.2) is 11.5 Å². The van der Waals surface area contributed by atoms with Crippen LogP contribution < -0.4 is 4.74 Å². The largest absolute Gasteiger partial charge is 0.504 e. The lowest BCUT2D eigenvalue weighted by atomic mass is 10.0. The number of para-hydroxylation sites is 1. The molecule has 2 rings (SSSR count). The number of halogens is 1. The van der Waals surface area contributed by atoms with Gasteiger partial charge in [-0.15, -0.1) is 0 Å². The Morgan fingerprint density at radius 2 is 1.88 bits per heavy atom. The van der Waals surface area contributed by atoms with E-state index < -0.39 is 0 Å². The van der Waals surface area contributed by atoms with Gasteiger partial charge in [-0.2, -0.15) is 0 Å². The van der Waals surface area contributed by atoms with Crippen molar-refractivity contribution in [2.75, 3.05) is 7.11 Å². The van der Waals surface area contributed by atoms with Crippen LogP contribution in [0.25, 0.3) is 11.1 Å². The molecule has 2 aromatic carbocycles. The molecule has 0 atom stereocenters. The van der Waals surface area contributed by atoms with Crippen LogP contribution in [0.15, 0.2) is 42.5 Å². The second-order valence-corrected chi connectivity index (χ2v) is 3.80. The average Bonchev–Trinajstić information content (AvgIpc) is 2.29. The summed E-state index contributed by atoms with van der Waals surface area (Å²) in [6.45, 7) is 0. The number of hydrogen-bond acceptors (Lipinski definition) is 2. The Balaban J connectivity index is 2.56. The van der Waals surface area contributed by atoms with Gasteiger partial charge in [0, 0.05) is 10.6 Å². The number of hydrogen-bond donors (Lipinski definition) is 1. The quantitative estimate of drug-likeness (QED) is 0.858. The summed E-state index contributed by atoms with van der Waals surface area (Å²) in [6.07, 6.45) is 0. The lowest BCUT2D eigenvalue weighted by Gasteiger charge is -2.08. The van der Waals surface area contributed by atoms with E-state index in [1.165, 1.54) is 7.11 Å². The van der Waals surface area contributed by atoms with Gasteiger partial charge in [-0.1, -0.05) is 35.9 Å². The lowest BCUT2D eigenvalue weighted by Crippen LogP contribution is -1.86. The van der Waals surface area contributed by atoms with E-state index in [4.69, 9.17) is 16.3 Å². The number of aromatic hydroxyl groups is 1. The van der Waals surface area contributed by atoms with Crippen LogP contribution >= 0.6 is 11.6 Å². The molecule has 0 fully saturated rings. The predicted octanol–water partition coefficient (Wildman–Crippen LogP) is 3.72. The molecule has 0 aliphatic carbocycles. The zero-order valence-electron chi connectivity index (χ0n) is 8.77. The van der Waals surface area contributed by atoms with Gasteiger partial charge in [-0.25, -0.2) is 0 Å². The molecule has 0 unspecified atom stereocenters. The Morgan fingerprint density at radius 1 is 1.12 bits per heavy atom. The van der Waals surface area contributed by atoms with Gasteiger partial charge in [-0.3, -0.25) is 0 Å². The molecule has 0 saturated carbocycles. The van der Waals surface area contributed by atoms with Crippen molar-refractivity contribution in [1.82, 2.24) is 0 Å². The van der Waals surface area contributed by atoms with Crippen LogP contribution in [0.3, 0.4) is 0 Å². The van der Waals surface area contributed by atoms with Gasteiger partial charge in [-0.05, 0) is 23.8 Å². The van der Waals surface area contributed by atoms with Gasteiger partial charge in [0.25, 0.3) is 0 Å². The average molecular weight is 235 g/mol. The molecule has 2 nitrogen and oxygen atoms in total. The molecule has 3 heteroatoms. The molecule has 16 heavy (non-hydrogen) atoms. The summed E-state index contributed by atoms with van der Waals surface area (Å²) in [4.78, 5) is 0. The number of phenols is 1. The molecule has 0 aromatic heterocycles. The molecule has 0 bridgehead atoms. The fraction of sp³-hybridized carbons (Fsp3) is 0.0769. The maximum absolute atomic E-state index is 9.97. The lowest BCUT2D eigenvalue weighted by molar-refractivity contribution is 0.374. The second kappa shape index (κ2) is 4.45. The molecular weight excluding hydrogens is 224 g/mol.